The van der Waals surface area contributed by atoms with Crippen molar-refractivity contribution >= 4 is 17.8 Å². The molecule has 0 aromatic carbocycles. The molecule has 0 saturated carbocycles. The molecule has 0 aromatic heterocycles. The van der Waals surface area contributed by atoms with E-state index < -0.39 is 30.2 Å². The van der Waals surface area contributed by atoms with Crippen LogP contribution in [0.1, 0.15) is 19.3 Å². The maximum atomic E-state index is 11.1. The summed E-state index contributed by atoms with van der Waals surface area (Å²) in [5, 5.41) is 10.8. The van der Waals surface area contributed by atoms with Crippen molar-refractivity contribution in [1.82, 2.24) is 5.32 Å². The quantitative estimate of drug-likeness (QED) is 0.491. The molecule has 6 heteroatoms. The number of carbonyl (C=O) groups is 3. The summed E-state index contributed by atoms with van der Waals surface area (Å²) in [6.07, 6.45) is 1.74. The first kappa shape index (κ1) is 13.2. The standard InChI is InChI=1S/C9H14N2O4/c1-2-3-4-8(13)11-6(9(14)15)5-7(10)12/h2,6H,1,3-5H2,(H2,10,12)(H,11,13)(H,14,15)/t6-/m1/s1. The van der Waals surface area contributed by atoms with Crippen molar-refractivity contribution in [3.8, 4) is 0 Å². The summed E-state index contributed by atoms with van der Waals surface area (Å²) in [7, 11) is 0. The van der Waals surface area contributed by atoms with Gasteiger partial charge < -0.3 is 16.2 Å². The molecule has 0 aromatic rings. The zero-order valence-electron chi connectivity index (χ0n) is 8.23. The average molecular weight is 214 g/mol. The highest BCUT2D eigenvalue weighted by atomic mass is 16.4. The minimum atomic E-state index is -1.28. The molecule has 0 bridgehead atoms. The smallest absolute Gasteiger partial charge is 0.326 e. The summed E-state index contributed by atoms with van der Waals surface area (Å²) >= 11 is 0. The van der Waals surface area contributed by atoms with Crippen LogP contribution in [0.3, 0.4) is 0 Å². The van der Waals surface area contributed by atoms with E-state index >= 15 is 0 Å². The van der Waals surface area contributed by atoms with Gasteiger partial charge in [0.15, 0.2) is 0 Å². The van der Waals surface area contributed by atoms with E-state index in [0.717, 1.165) is 0 Å². The fourth-order valence-corrected chi connectivity index (χ4v) is 0.901. The van der Waals surface area contributed by atoms with E-state index in [2.05, 4.69) is 11.9 Å². The van der Waals surface area contributed by atoms with Crippen molar-refractivity contribution in [3.63, 3.8) is 0 Å². The molecule has 0 heterocycles. The number of amides is 2. The summed E-state index contributed by atoms with van der Waals surface area (Å²) in [5.41, 5.74) is 4.84. The molecule has 0 radical (unpaired) electrons. The molecule has 0 unspecified atom stereocenters. The van der Waals surface area contributed by atoms with Crippen LogP contribution in [-0.2, 0) is 14.4 Å². The fourth-order valence-electron chi connectivity index (χ4n) is 0.901. The SMILES string of the molecule is C=CCCC(=O)N[C@H](CC(N)=O)C(=O)O. The maximum absolute atomic E-state index is 11.1. The Bertz CT molecular complexity index is 275. The Hall–Kier alpha value is -1.85. The maximum Gasteiger partial charge on any atom is 0.326 e. The molecule has 0 saturated heterocycles. The number of nitrogens with two attached hydrogens (primary N) is 1. The highest BCUT2D eigenvalue weighted by Gasteiger charge is 2.21. The number of hydrogen-bond donors (Lipinski definition) is 3. The molecule has 6 nitrogen and oxygen atoms in total. The summed E-state index contributed by atoms with van der Waals surface area (Å²) in [6, 6.07) is -1.25. The van der Waals surface area contributed by atoms with E-state index in [4.69, 9.17) is 10.8 Å². The van der Waals surface area contributed by atoms with Crippen LogP contribution in [0.25, 0.3) is 0 Å². The number of carbonyl (C=O) groups excluding carboxylic acids is 2. The molecule has 0 aliphatic heterocycles. The van der Waals surface area contributed by atoms with Gasteiger partial charge in [0.1, 0.15) is 6.04 Å². The fraction of sp³-hybridized carbons (Fsp3) is 0.444. The van der Waals surface area contributed by atoms with Crippen molar-refractivity contribution in [3.05, 3.63) is 12.7 Å². The van der Waals surface area contributed by atoms with Gasteiger partial charge >= 0.3 is 5.97 Å². The van der Waals surface area contributed by atoms with Gasteiger partial charge in [-0.05, 0) is 6.42 Å². The van der Waals surface area contributed by atoms with Gasteiger partial charge in [-0.15, -0.1) is 6.58 Å². The van der Waals surface area contributed by atoms with E-state index in [1.54, 1.807) is 6.08 Å². The Balaban J connectivity index is 4.16. The first-order valence-corrected chi connectivity index (χ1v) is 4.38. The Morgan fingerprint density at radius 2 is 2.07 bits per heavy atom. The molecular weight excluding hydrogens is 200 g/mol. The normalized spacial score (nSPS) is 11.5. The van der Waals surface area contributed by atoms with E-state index in [-0.39, 0.29) is 6.42 Å². The van der Waals surface area contributed by atoms with Crippen LogP contribution in [0.2, 0.25) is 0 Å². The lowest BCUT2D eigenvalue weighted by Gasteiger charge is -2.11. The largest absolute Gasteiger partial charge is 0.480 e. The van der Waals surface area contributed by atoms with E-state index in [9.17, 15) is 14.4 Å². The Labute approximate surface area is 87.1 Å². The minimum Gasteiger partial charge on any atom is -0.480 e. The van der Waals surface area contributed by atoms with Crippen LogP contribution in [0.15, 0.2) is 12.7 Å². The van der Waals surface area contributed by atoms with E-state index in [0.29, 0.717) is 6.42 Å². The molecule has 0 aliphatic rings. The Morgan fingerprint density at radius 3 is 2.47 bits per heavy atom. The first-order valence-electron chi connectivity index (χ1n) is 4.38. The predicted octanol–water partition coefficient (Wildman–Crippen LogP) is -0.603. The van der Waals surface area contributed by atoms with Crippen LogP contribution in [-0.4, -0.2) is 28.9 Å². The van der Waals surface area contributed by atoms with Crippen LogP contribution < -0.4 is 11.1 Å². The third-order valence-corrected chi connectivity index (χ3v) is 1.61. The monoisotopic (exact) mass is 214 g/mol. The highest BCUT2D eigenvalue weighted by Crippen LogP contribution is 1.95. The van der Waals surface area contributed by atoms with Crippen molar-refractivity contribution in [2.75, 3.05) is 0 Å². The number of nitrogens with one attached hydrogen (secondary N) is 1. The average Bonchev–Trinajstić information content (AvgIpc) is 2.12. The predicted molar refractivity (Wildman–Crippen MR) is 52.8 cm³/mol. The first-order chi connectivity index (χ1) is 6.97. The van der Waals surface area contributed by atoms with Crippen LogP contribution >= 0.6 is 0 Å². The molecule has 1 atom stereocenters. The highest BCUT2D eigenvalue weighted by molar-refractivity contribution is 5.88. The third kappa shape index (κ3) is 6.25. The van der Waals surface area contributed by atoms with E-state index in [1.807, 2.05) is 0 Å². The number of primary amides is 1. The lowest BCUT2D eigenvalue weighted by atomic mass is 10.2. The molecule has 4 N–H and O–H groups in total. The van der Waals surface area contributed by atoms with Crippen molar-refractivity contribution in [2.24, 2.45) is 5.73 Å². The van der Waals surface area contributed by atoms with Crippen molar-refractivity contribution < 1.29 is 19.5 Å². The van der Waals surface area contributed by atoms with Crippen LogP contribution in [0.5, 0.6) is 0 Å². The molecule has 0 rings (SSSR count). The van der Waals surface area contributed by atoms with Gasteiger partial charge in [-0.2, -0.15) is 0 Å². The van der Waals surface area contributed by atoms with E-state index in [1.165, 1.54) is 0 Å². The van der Waals surface area contributed by atoms with Crippen molar-refractivity contribution in [1.29, 1.82) is 0 Å². The number of allylic oxidation sites excluding steroid dienone is 1. The van der Waals surface area contributed by atoms with Gasteiger partial charge in [-0.3, -0.25) is 9.59 Å². The summed E-state index contributed by atoms with van der Waals surface area (Å²) in [4.78, 5) is 32.2. The minimum absolute atomic E-state index is 0.145. The Morgan fingerprint density at radius 1 is 1.47 bits per heavy atom. The molecule has 2 amide bonds. The third-order valence-electron chi connectivity index (χ3n) is 1.61. The number of carboxylic acid groups (broad SMARTS) is 1. The lowest BCUT2D eigenvalue weighted by molar-refractivity contribution is -0.143. The lowest BCUT2D eigenvalue weighted by Crippen LogP contribution is -2.43. The Kier molecular flexibility index (Phi) is 5.77. The van der Waals surface area contributed by atoms with Crippen LogP contribution in [0.4, 0.5) is 0 Å². The van der Waals surface area contributed by atoms with Crippen LogP contribution in [0, 0.1) is 0 Å². The molecule has 0 aliphatic carbocycles. The van der Waals surface area contributed by atoms with Gasteiger partial charge in [0.2, 0.25) is 11.8 Å². The second kappa shape index (κ2) is 6.58. The summed E-state index contributed by atoms with van der Waals surface area (Å²) in [6.45, 7) is 3.42. The van der Waals surface area contributed by atoms with Gasteiger partial charge in [-0.1, -0.05) is 6.08 Å². The number of aliphatic carboxylic acids is 1. The topological polar surface area (TPSA) is 109 Å². The van der Waals surface area contributed by atoms with Gasteiger partial charge in [0.25, 0.3) is 0 Å². The zero-order valence-corrected chi connectivity index (χ0v) is 8.23. The van der Waals surface area contributed by atoms with Gasteiger partial charge in [-0.25, -0.2) is 4.79 Å². The second-order valence-electron chi connectivity index (χ2n) is 2.96. The zero-order chi connectivity index (χ0) is 11.8. The van der Waals surface area contributed by atoms with Gasteiger partial charge in [0.05, 0.1) is 6.42 Å². The number of hydrogen-bond acceptors (Lipinski definition) is 3. The molecule has 15 heavy (non-hydrogen) atoms. The molecule has 0 spiro atoms. The number of carboxylic acids is 1. The molecule has 0 fully saturated rings. The summed E-state index contributed by atoms with van der Waals surface area (Å²) < 4.78 is 0. The van der Waals surface area contributed by atoms with Crippen molar-refractivity contribution in [2.45, 2.75) is 25.3 Å². The summed E-state index contributed by atoms with van der Waals surface area (Å²) in [5.74, 6) is -2.49. The van der Waals surface area contributed by atoms with Gasteiger partial charge in [0, 0.05) is 6.42 Å². The molecule has 84 valence electrons. The second-order valence-corrected chi connectivity index (χ2v) is 2.96. The molecular formula is C9H14N2O4. The number of rotatable bonds is 7.